The fourth-order valence-corrected chi connectivity index (χ4v) is 2.88. The summed E-state index contributed by atoms with van der Waals surface area (Å²) in [4.78, 5) is 12.2. The number of amides is 1. The third-order valence-corrected chi connectivity index (χ3v) is 4.32. The zero-order valence-corrected chi connectivity index (χ0v) is 13.5. The molecule has 0 aliphatic carbocycles. The quantitative estimate of drug-likeness (QED) is 0.529. The number of alkyl halides is 1. The van der Waals surface area contributed by atoms with Crippen molar-refractivity contribution in [3.05, 3.63) is 66.9 Å². The summed E-state index contributed by atoms with van der Waals surface area (Å²) in [5, 5.41) is 4.14. The van der Waals surface area contributed by atoms with E-state index in [1.165, 1.54) is 5.39 Å². The Balaban J connectivity index is 1.71. The second-order valence-electron chi connectivity index (χ2n) is 4.85. The van der Waals surface area contributed by atoms with Crippen molar-refractivity contribution >= 4 is 45.1 Å². The molecule has 3 aromatic rings. The summed E-state index contributed by atoms with van der Waals surface area (Å²) < 4.78 is 2.00. The van der Waals surface area contributed by atoms with Gasteiger partial charge in [-0.15, -0.1) is 0 Å². The molecule has 1 amide bonds. The number of para-hydroxylation sites is 2. The van der Waals surface area contributed by atoms with Crippen molar-refractivity contribution in [2.75, 3.05) is 5.32 Å². The lowest BCUT2D eigenvalue weighted by Gasteiger charge is -2.12. The number of hydrogen-bond acceptors (Lipinski definition) is 1. The van der Waals surface area contributed by atoms with E-state index in [2.05, 4.69) is 50.7 Å². The van der Waals surface area contributed by atoms with E-state index >= 15 is 0 Å². The van der Waals surface area contributed by atoms with Crippen LogP contribution in [-0.2, 0) is 11.3 Å². The van der Waals surface area contributed by atoms with Crippen LogP contribution in [-0.4, -0.2) is 14.4 Å². The first kappa shape index (κ1) is 14.1. The Hall–Kier alpha value is -1.82. The van der Waals surface area contributed by atoms with E-state index in [1.54, 1.807) is 0 Å². The molecule has 1 heterocycles. The summed E-state index contributed by atoms with van der Waals surface area (Å²) >= 11 is 2.20. The molecule has 0 saturated carbocycles. The van der Waals surface area contributed by atoms with E-state index < -0.39 is 0 Å². The topological polar surface area (TPSA) is 34.0 Å². The number of anilines is 1. The van der Waals surface area contributed by atoms with Crippen molar-refractivity contribution < 1.29 is 4.79 Å². The Labute approximate surface area is 137 Å². The molecule has 1 aromatic heterocycles. The molecule has 3 nitrogen and oxygen atoms in total. The van der Waals surface area contributed by atoms with Crippen molar-refractivity contribution in [2.24, 2.45) is 0 Å². The van der Waals surface area contributed by atoms with E-state index in [-0.39, 0.29) is 9.83 Å². The lowest BCUT2D eigenvalue weighted by Crippen LogP contribution is -2.26. The summed E-state index contributed by atoms with van der Waals surface area (Å²) in [7, 11) is 0. The molecule has 1 atom stereocenters. The first-order valence-electron chi connectivity index (χ1n) is 6.78. The van der Waals surface area contributed by atoms with Gasteiger partial charge in [-0.3, -0.25) is 4.79 Å². The monoisotopic (exact) mass is 390 g/mol. The first-order chi connectivity index (χ1) is 10.2. The fraction of sp³-hybridized carbons (Fsp3) is 0.118. The number of carbonyl (C=O) groups is 1. The van der Waals surface area contributed by atoms with Crippen LogP contribution >= 0.6 is 22.6 Å². The van der Waals surface area contributed by atoms with Gasteiger partial charge in [0.05, 0.1) is 0 Å². The first-order valence-corrected chi connectivity index (χ1v) is 8.02. The highest BCUT2D eigenvalue weighted by Gasteiger charge is 2.16. The van der Waals surface area contributed by atoms with Crippen LogP contribution in [0.25, 0.3) is 10.9 Å². The van der Waals surface area contributed by atoms with Crippen LogP contribution in [0.4, 0.5) is 5.69 Å². The molecule has 1 N–H and O–H groups in total. The van der Waals surface area contributed by atoms with Gasteiger partial charge < -0.3 is 9.88 Å². The number of carbonyl (C=O) groups excluding carboxylic acids is 1. The molecule has 0 aliphatic heterocycles. The number of hydrogen-bond donors (Lipinski definition) is 1. The van der Waals surface area contributed by atoms with Crippen molar-refractivity contribution in [1.82, 2.24) is 4.57 Å². The molecular formula is C17H15IN2O. The van der Waals surface area contributed by atoms with Gasteiger partial charge in [-0.25, -0.2) is 0 Å². The number of nitrogens with one attached hydrogen (secondary N) is 1. The zero-order chi connectivity index (χ0) is 14.7. The molecule has 0 unspecified atom stereocenters. The van der Waals surface area contributed by atoms with Crippen molar-refractivity contribution in [3.63, 3.8) is 0 Å². The normalized spacial score (nSPS) is 12.2. The summed E-state index contributed by atoms with van der Waals surface area (Å²) in [5.74, 6) is 0.0274. The minimum absolute atomic E-state index is 0.0274. The Morgan fingerprint density at radius 1 is 1.05 bits per heavy atom. The Bertz CT molecular complexity index is 752. The van der Waals surface area contributed by atoms with Gasteiger partial charge in [-0.1, -0.05) is 59.0 Å². The highest BCUT2D eigenvalue weighted by Crippen LogP contribution is 2.18. The van der Waals surface area contributed by atoms with Crippen molar-refractivity contribution in [1.29, 1.82) is 0 Å². The third kappa shape index (κ3) is 3.26. The summed E-state index contributed by atoms with van der Waals surface area (Å²) in [6.07, 6.45) is 2.03. The Morgan fingerprint density at radius 3 is 2.57 bits per heavy atom. The molecule has 4 heteroatoms. The number of nitrogens with zero attached hydrogens (tertiary/aromatic N) is 1. The Morgan fingerprint density at radius 2 is 1.76 bits per heavy atom. The van der Waals surface area contributed by atoms with Gasteiger partial charge in [0.15, 0.2) is 0 Å². The van der Waals surface area contributed by atoms with Crippen molar-refractivity contribution in [2.45, 2.75) is 10.5 Å². The predicted molar refractivity (Wildman–Crippen MR) is 94.8 cm³/mol. The Kier molecular flexibility index (Phi) is 4.24. The number of aromatic nitrogens is 1. The summed E-state index contributed by atoms with van der Waals surface area (Å²) in [6, 6.07) is 19.8. The van der Waals surface area contributed by atoms with Gasteiger partial charge in [0.2, 0.25) is 5.91 Å². The zero-order valence-electron chi connectivity index (χ0n) is 11.4. The molecule has 21 heavy (non-hydrogen) atoms. The predicted octanol–water partition coefficient (Wildman–Crippen LogP) is 4.08. The van der Waals surface area contributed by atoms with Crippen LogP contribution in [0.3, 0.4) is 0 Å². The minimum Gasteiger partial charge on any atom is -0.346 e. The largest absolute Gasteiger partial charge is 0.346 e. The van der Waals surface area contributed by atoms with E-state index in [1.807, 2.05) is 48.7 Å². The van der Waals surface area contributed by atoms with E-state index in [9.17, 15) is 4.79 Å². The molecule has 2 aromatic carbocycles. The number of benzene rings is 2. The summed E-state index contributed by atoms with van der Waals surface area (Å²) in [6.45, 7) is 0.659. The highest BCUT2D eigenvalue weighted by molar-refractivity contribution is 14.1. The number of rotatable bonds is 4. The third-order valence-electron chi connectivity index (χ3n) is 3.36. The lowest BCUT2D eigenvalue weighted by molar-refractivity contribution is -0.115. The molecule has 0 radical (unpaired) electrons. The van der Waals surface area contributed by atoms with Gasteiger partial charge in [0, 0.05) is 23.9 Å². The maximum atomic E-state index is 12.2. The van der Waals surface area contributed by atoms with Gasteiger partial charge in [0.25, 0.3) is 0 Å². The maximum Gasteiger partial charge on any atom is 0.239 e. The second kappa shape index (κ2) is 6.30. The summed E-state index contributed by atoms with van der Waals surface area (Å²) in [5.41, 5.74) is 1.99. The second-order valence-corrected chi connectivity index (χ2v) is 6.35. The van der Waals surface area contributed by atoms with Gasteiger partial charge >= 0.3 is 0 Å². The van der Waals surface area contributed by atoms with Crippen LogP contribution in [0, 0.1) is 0 Å². The standard InChI is InChI=1S/C17H15IN2O/c18-15(17(21)19-14-7-2-1-3-8-14)12-20-11-10-13-6-4-5-9-16(13)20/h1-11,15H,12H2,(H,19,21)/t15-/m1/s1. The highest BCUT2D eigenvalue weighted by atomic mass is 127. The van der Waals surface area contributed by atoms with Crippen LogP contribution < -0.4 is 5.32 Å². The molecule has 0 bridgehead atoms. The SMILES string of the molecule is O=C(Nc1ccccc1)[C@H](I)Cn1ccc2ccccc21. The minimum atomic E-state index is -0.126. The maximum absolute atomic E-state index is 12.2. The average Bonchev–Trinajstić information content (AvgIpc) is 2.91. The number of halogens is 1. The van der Waals surface area contributed by atoms with E-state index in [0.29, 0.717) is 6.54 Å². The van der Waals surface area contributed by atoms with Gasteiger partial charge in [0.1, 0.15) is 3.92 Å². The van der Waals surface area contributed by atoms with Crippen LogP contribution in [0.2, 0.25) is 0 Å². The number of fused-ring (bicyclic) bond motifs is 1. The van der Waals surface area contributed by atoms with E-state index in [4.69, 9.17) is 0 Å². The van der Waals surface area contributed by atoms with Crippen LogP contribution in [0.15, 0.2) is 66.9 Å². The molecule has 0 fully saturated rings. The molecule has 106 valence electrons. The molecular weight excluding hydrogens is 375 g/mol. The molecule has 0 aliphatic rings. The van der Waals surface area contributed by atoms with Crippen LogP contribution in [0.1, 0.15) is 0 Å². The lowest BCUT2D eigenvalue weighted by atomic mass is 10.2. The van der Waals surface area contributed by atoms with E-state index in [0.717, 1.165) is 11.2 Å². The molecule has 3 rings (SSSR count). The average molecular weight is 390 g/mol. The smallest absolute Gasteiger partial charge is 0.239 e. The molecule has 0 saturated heterocycles. The van der Waals surface area contributed by atoms with Gasteiger partial charge in [-0.05, 0) is 29.7 Å². The molecule has 0 spiro atoms. The van der Waals surface area contributed by atoms with Gasteiger partial charge in [-0.2, -0.15) is 0 Å². The fourth-order valence-electron chi connectivity index (χ4n) is 2.30. The van der Waals surface area contributed by atoms with Crippen molar-refractivity contribution in [3.8, 4) is 0 Å². The van der Waals surface area contributed by atoms with Crippen LogP contribution in [0.5, 0.6) is 0 Å².